The molecule has 1 heterocycles. The Hall–Kier alpha value is -3.26. The second-order valence-electron chi connectivity index (χ2n) is 7.13. The zero-order valence-corrected chi connectivity index (χ0v) is 18.5. The molecule has 0 spiro atoms. The van der Waals surface area contributed by atoms with Gasteiger partial charge >= 0.3 is 5.97 Å². The van der Waals surface area contributed by atoms with Crippen molar-refractivity contribution in [2.24, 2.45) is 0 Å². The molecule has 0 bridgehead atoms. The van der Waals surface area contributed by atoms with Gasteiger partial charge in [-0.25, -0.2) is 22.9 Å². The van der Waals surface area contributed by atoms with Crippen LogP contribution in [0.4, 0.5) is 13.2 Å². The van der Waals surface area contributed by atoms with E-state index in [1.54, 1.807) is 24.3 Å². The minimum absolute atomic E-state index is 0.0941. The Morgan fingerprint density at radius 2 is 1.73 bits per heavy atom. The lowest BCUT2D eigenvalue weighted by Crippen LogP contribution is -2.02. The van der Waals surface area contributed by atoms with Gasteiger partial charge in [0.05, 0.1) is 17.2 Å². The number of hydrogen-bond donors (Lipinski definition) is 1. The number of pyridine rings is 1. The van der Waals surface area contributed by atoms with E-state index in [-0.39, 0.29) is 16.5 Å². The molecular weight excluding hydrogens is 451 g/mol. The van der Waals surface area contributed by atoms with E-state index >= 15 is 0 Å². The van der Waals surface area contributed by atoms with Crippen LogP contribution in [0.2, 0.25) is 0 Å². The highest BCUT2D eigenvalue weighted by molar-refractivity contribution is 7.98. The van der Waals surface area contributed by atoms with Gasteiger partial charge in [0.2, 0.25) is 0 Å². The zero-order valence-electron chi connectivity index (χ0n) is 17.6. The fourth-order valence-electron chi connectivity index (χ4n) is 3.01. The molecule has 0 saturated heterocycles. The third-order valence-corrected chi connectivity index (χ3v) is 5.76. The molecule has 0 amide bonds. The van der Waals surface area contributed by atoms with Gasteiger partial charge in [-0.2, -0.15) is 0 Å². The van der Waals surface area contributed by atoms with Crippen molar-refractivity contribution in [1.29, 1.82) is 0 Å². The molecule has 0 fully saturated rings. The highest BCUT2D eigenvalue weighted by Crippen LogP contribution is 2.29. The average Bonchev–Trinajstić information content (AvgIpc) is 2.79. The van der Waals surface area contributed by atoms with E-state index < -0.39 is 17.6 Å². The lowest BCUT2D eigenvalue weighted by molar-refractivity contribution is -0.131. The number of carboxylic acids is 1. The molecule has 172 valence electrons. The van der Waals surface area contributed by atoms with Gasteiger partial charge in [0.25, 0.3) is 0 Å². The number of halogens is 3. The van der Waals surface area contributed by atoms with E-state index in [9.17, 15) is 18.0 Å². The van der Waals surface area contributed by atoms with E-state index in [1.165, 1.54) is 36.4 Å². The van der Waals surface area contributed by atoms with Gasteiger partial charge in [-0.05, 0) is 67.3 Å². The van der Waals surface area contributed by atoms with Gasteiger partial charge in [-0.15, -0.1) is 11.8 Å². The standard InChI is InChI=1S/C25H22F3NO3S/c26-18-9-7-17(8-10-18)4-1-2-15-32-23-13-11-19(29-22(23)12-14-24(30)31)16-33-25-20(27)5-3-6-21(25)28/h3,5-14H,1-2,4,15-16H2,(H,30,31)/b14-12+. The van der Waals surface area contributed by atoms with E-state index in [0.717, 1.165) is 42.7 Å². The van der Waals surface area contributed by atoms with Crippen molar-refractivity contribution in [2.75, 3.05) is 6.61 Å². The second kappa shape index (κ2) is 12.1. The summed E-state index contributed by atoms with van der Waals surface area (Å²) in [4.78, 5) is 15.2. The van der Waals surface area contributed by atoms with Crippen molar-refractivity contribution < 1.29 is 27.8 Å². The third kappa shape index (κ3) is 7.68. The summed E-state index contributed by atoms with van der Waals surface area (Å²) >= 11 is 0.972. The molecule has 33 heavy (non-hydrogen) atoms. The van der Waals surface area contributed by atoms with Crippen LogP contribution in [0, 0.1) is 17.5 Å². The molecule has 0 atom stereocenters. The number of benzene rings is 2. The lowest BCUT2D eigenvalue weighted by Gasteiger charge is -2.11. The average molecular weight is 474 g/mol. The molecule has 4 nitrogen and oxygen atoms in total. The summed E-state index contributed by atoms with van der Waals surface area (Å²) in [6.07, 6.45) is 4.65. The number of carboxylic acid groups (broad SMARTS) is 1. The first-order chi connectivity index (χ1) is 15.9. The predicted octanol–water partition coefficient (Wildman–Crippen LogP) is 6.29. The molecule has 0 aliphatic rings. The van der Waals surface area contributed by atoms with Crippen LogP contribution in [0.5, 0.6) is 5.75 Å². The van der Waals surface area contributed by atoms with E-state index in [0.29, 0.717) is 23.7 Å². The molecule has 2 aromatic carbocycles. The molecule has 0 aliphatic carbocycles. The Balaban J connectivity index is 1.60. The molecule has 0 saturated carbocycles. The van der Waals surface area contributed by atoms with Crippen LogP contribution in [0.25, 0.3) is 6.08 Å². The van der Waals surface area contributed by atoms with E-state index in [2.05, 4.69) is 4.98 Å². The molecule has 0 aliphatic heterocycles. The van der Waals surface area contributed by atoms with Gasteiger partial charge in [-0.1, -0.05) is 18.2 Å². The number of aromatic nitrogens is 1. The number of hydrogen-bond acceptors (Lipinski definition) is 4. The summed E-state index contributed by atoms with van der Waals surface area (Å²) in [5, 5.41) is 8.95. The molecule has 1 aromatic heterocycles. The first kappa shape index (κ1) is 24.4. The molecule has 0 radical (unpaired) electrons. The Kier molecular flexibility index (Phi) is 8.95. The van der Waals surface area contributed by atoms with Crippen LogP contribution in [-0.2, 0) is 17.0 Å². The Labute approximate surface area is 194 Å². The quantitative estimate of drug-likeness (QED) is 0.201. The third-order valence-electron chi connectivity index (χ3n) is 4.64. The molecule has 3 rings (SSSR count). The molecule has 1 N–H and O–H groups in total. The second-order valence-corrected chi connectivity index (χ2v) is 8.11. The summed E-state index contributed by atoms with van der Waals surface area (Å²) in [7, 11) is 0. The fraction of sp³-hybridized carbons (Fsp3) is 0.200. The van der Waals surface area contributed by atoms with Crippen LogP contribution in [0.3, 0.4) is 0 Å². The van der Waals surface area contributed by atoms with Crippen LogP contribution in [0.1, 0.15) is 29.8 Å². The molecular formula is C25H22F3NO3S. The summed E-state index contributed by atoms with van der Waals surface area (Å²) in [5.41, 5.74) is 1.88. The van der Waals surface area contributed by atoms with Crippen molar-refractivity contribution in [2.45, 2.75) is 29.9 Å². The number of thioether (sulfide) groups is 1. The minimum atomic E-state index is -1.13. The number of aryl methyl sites for hydroxylation is 1. The normalized spacial score (nSPS) is 11.1. The number of unbranched alkanes of at least 4 members (excludes halogenated alkanes) is 1. The van der Waals surface area contributed by atoms with Crippen LogP contribution >= 0.6 is 11.8 Å². The van der Waals surface area contributed by atoms with Gasteiger partial charge in [-0.3, -0.25) is 0 Å². The molecule has 3 aromatic rings. The SMILES string of the molecule is O=C(O)/C=C/c1nc(CSc2c(F)cccc2F)ccc1OCCCCc1ccc(F)cc1. The van der Waals surface area contributed by atoms with Crippen molar-refractivity contribution in [3.8, 4) is 5.75 Å². The maximum absolute atomic E-state index is 13.8. The smallest absolute Gasteiger partial charge is 0.328 e. The summed E-state index contributed by atoms with van der Waals surface area (Å²) < 4.78 is 46.4. The zero-order chi connectivity index (χ0) is 23.6. The van der Waals surface area contributed by atoms with Gasteiger partial charge in [0, 0.05) is 11.8 Å². The number of carbonyl (C=O) groups is 1. The van der Waals surface area contributed by atoms with Gasteiger partial charge < -0.3 is 9.84 Å². The Morgan fingerprint density at radius 1 is 1.00 bits per heavy atom. The number of nitrogens with zero attached hydrogens (tertiary/aromatic N) is 1. The van der Waals surface area contributed by atoms with E-state index in [4.69, 9.17) is 9.84 Å². The predicted molar refractivity (Wildman–Crippen MR) is 122 cm³/mol. The maximum Gasteiger partial charge on any atom is 0.328 e. The van der Waals surface area contributed by atoms with Gasteiger partial charge in [0.1, 0.15) is 28.9 Å². The summed E-state index contributed by atoms with van der Waals surface area (Å²) in [6.45, 7) is 0.394. The van der Waals surface area contributed by atoms with Crippen molar-refractivity contribution in [1.82, 2.24) is 4.98 Å². The van der Waals surface area contributed by atoms with Crippen LogP contribution in [0.15, 0.2) is 65.6 Å². The summed E-state index contributed by atoms with van der Waals surface area (Å²) in [6, 6.07) is 13.4. The maximum atomic E-state index is 13.8. The van der Waals surface area contributed by atoms with E-state index in [1.807, 2.05) is 0 Å². The molecule has 0 unspecified atom stereocenters. The minimum Gasteiger partial charge on any atom is -0.491 e. The first-order valence-electron chi connectivity index (χ1n) is 10.3. The number of ether oxygens (including phenoxy) is 1. The number of rotatable bonds is 11. The largest absolute Gasteiger partial charge is 0.491 e. The highest BCUT2D eigenvalue weighted by atomic mass is 32.2. The lowest BCUT2D eigenvalue weighted by atomic mass is 10.1. The topological polar surface area (TPSA) is 59.4 Å². The summed E-state index contributed by atoms with van der Waals surface area (Å²) in [5.74, 6) is -2.07. The molecule has 8 heteroatoms. The Morgan fingerprint density at radius 3 is 2.42 bits per heavy atom. The van der Waals surface area contributed by atoms with Crippen molar-refractivity contribution in [3.05, 3.63) is 95.1 Å². The van der Waals surface area contributed by atoms with Crippen LogP contribution < -0.4 is 4.74 Å². The number of aliphatic carboxylic acids is 1. The van der Waals surface area contributed by atoms with Gasteiger partial charge in [0.15, 0.2) is 0 Å². The van der Waals surface area contributed by atoms with Crippen molar-refractivity contribution >= 4 is 23.8 Å². The fourth-order valence-corrected chi connectivity index (χ4v) is 3.87. The monoisotopic (exact) mass is 473 g/mol. The first-order valence-corrected chi connectivity index (χ1v) is 11.3. The van der Waals surface area contributed by atoms with Crippen LogP contribution in [-0.4, -0.2) is 22.7 Å². The highest BCUT2D eigenvalue weighted by Gasteiger charge is 2.11. The Bertz CT molecular complexity index is 1100. The van der Waals surface area contributed by atoms with Crippen molar-refractivity contribution in [3.63, 3.8) is 0 Å².